The Balaban J connectivity index is 3.10. The van der Waals surface area contributed by atoms with E-state index < -0.39 is 0 Å². The molecule has 0 unspecified atom stereocenters. The monoisotopic (exact) mass is 194 g/mol. The van der Waals surface area contributed by atoms with Crippen LogP contribution in [0.2, 0.25) is 0 Å². The number of allylic oxidation sites excluding steroid dienone is 4. The van der Waals surface area contributed by atoms with E-state index in [-0.39, 0.29) is 0 Å². The van der Waals surface area contributed by atoms with Crippen molar-refractivity contribution in [3.8, 4) is 0 Å². The Morgan fingerprint density at radius 2 is 1.50 bits per heavy atom. The molecule has 0 spiro atoms. The maximum absolute atomic E-state index is 9.94. The number of hydrogen-bond acceptors (Lipinski definition) is 1. The third-order valence-corrected chi connectivity index (χ3v) is 2.10. The normalized spacial score (nSPS) is 11.5. The lowest BCUT2D eigenvalue weighted by molar-refractivity contribution is -0.104. The Morgan fingerprint density at radius 1 is 0.857 bits per heavy atom. The highest BCUT2D eigenvalue weighted by atomic mass is 16.1. The van der Waals surface area contributed by atoms with Gasteiger partial charge in [0, 0.05) is 0 Å². The molecule has 0 saturated heterocycles. The topological polar surface area (TPSA) is 17.1 Å². The fourth-order valence-electron chi connectivity index (χ4n) is 1.25. The molecule has 80 valence electrons. The lowest BCUT2D eigenvalue weighted by atomic mass is 10.1. The maximum Gasteiger partial charge on any atom is 0.142 e. The fraction of sp³-hybridized carbons (Fsp3) is 0.615. The fourth-order valence-corrected chi connectivity index (χ4v) is 1.25. The highest BCUT2D eigenvalue weighted by Gasteiger charge is 1.82. The first kappa shape index (κ1) is 13.2. The lowest BCUT2D eigenvalue weighted by Gasteiger charge is -1.92. The summed E-state index contributed by atoms with van der Waals surface area (Å²) in [6.45, 7) is 2.23. The number of hydrogen-bond donors (Lipinski definition) is 0. The molecule has 0 atom stereocenters. The predicted molar refractivity (Wildman–Crippen MR) is 62.3 cm³/mol. The number of aldehydes is 1. The number of rotatable bonds is 9. The van der Waals surface area contributed by atoms with Crippen molar-refractivity contribution in [1.29, 1.82) is 0 Å². The summed E-state index contributed by atoms with van der Waals surface area (Å²) in [5, 5.41) is 0. The second-order valence-electron chi connectivity index (χ2n) is 3.46. The van der Waals surface area contributed by atoms with Crippen molar-refractivity contribution in [2.45, 2.75) is 51.9 Å². The first-order chi connectivity index (χ1) is 6.91. The Morgan fingerprint density at radius 3 is 2.14 bits per heavy atom. The summed E-state index contributed by atoms with van der Waals surface area (Å²) in [7, 11) is 0. The van der Waals surface area contributed by atoms with Crippen molar-refractivity contribution in [2.24, 2.45) is 0 Å². The van der Waals surface area contributed by atoms with Crippen molar-refractivity contribution in [3.05, 3.63) is 24.3 Å². The highest BCUT2D eigenvalue weighted by molar-refractivity contribution is 5.64. The molecule has 0 bridgehead atoms. The summed E-state index contributed by atoms with van der Waals surface area (Å²) in [6.07, 6.45) is 17.3. The first-order valence-electron chi connectivity index (χ1n) is 5.67. The van der Waals surface area contributed by atoms with Crippen molar-refractivity contribution in [3.63, 3.8) is 0 Å². The van der Waals surface area contributed by atoms with E-state index in [1.165, 1.54) is 25.7 Å². The van der Waals surface area contributed by atoms with Crippen LogP contribution in [0.1, 0.15) is 51.9 Å². The van der Waals surface area contributed by atoms with Crippen molar-refractivity contribution in [1.82, 2.24) is 0 Å². The quantitative estimate of drug-likeness (QED) is 0.234. The molecule has 0 radical (unpaired) electrons. The van der Waals surface area contributed by atoms with Crippen LogP contribution in [0.15, 0.2) is 24.3 Å². The summed E-state index contributed by atoms with van der Waals surface area (Å²) in [5.41, 5.74) is 0. The molecule has 0 rings (SSSR count). The average molecular weight is 194 g/mol. The Bertz CT molecular complexity index is 168. The number of carbonyl (C=O) groups excluding carboxylic acids is 1. The highest BCUT2D eigenvalue weighted by Crippen LogP contribution is 2.02. The summed E-state index contributed by atoms with van der Waals surface area (Å²) < 4.78 is 0. The Hall–Kier alpha value is -0.850. The molecule has 0 heterocycles. The van der Waals surface area contributed by atoms with Crippen molar-refractivity contribution in [2.75, 3.05) is 0 Å². The Kier molecular flexibility index (Phi) is 11.4. The van der Waals surface area contributed by atoms with Gasteiger partial charge < -0.3 is 0 Å². The molecule has 0 aliphatic heterocycles. The molecule has 0 aliphatic carbocycles. The molecule has 0 aliphatic rings. The zero-order chi connectivity index (χ0) is 10.5. The van der Waals surface area contributed by atoms with Crippen LogP contribution in [-0.2, 0) is 4.79 Å². The summed E-state index contributed by atoms with van der Waals surface area (Å²) in [6, 6.07) is 0. The van der Waals surface area contributed by atoms with E-state index in [1.807, 2.05) is 6.08 Å². The van der Waals surface area contributed by atoms with Crippen LogP contribution in [0.25, 0.3) is 0 Å². The van der Waals surface area contributed by atoms with Gasteiger partial charge in [0.15, 0.2) is 0 Å². The summed E-state index contributed by atoms with van der Waals surface area (Å²) >= 11 is 0. The van der Waals surface area contributed by atoms with Gasteiger partial charge in [-0.3, -0.25) is 4.79 Å². The molecule has 1 nitrogen and oxygen atoms in total. The molecular weight excluding hydrogens is 172 g/mol. The van der Waals surface area contributed by atoms with Gasteiger partial charge in [0.05, 0.1) is 0 Å². The molecule has 0 saturated carbocycles. The number of unbranched alkanes of at least 4 members (excludes halogenated alkanes) is 5. The van der Waals surface area contributed by atoms with Gasteiger partial charge in [-0.2, -0.15) is 0 Å². The van der Waals surface area contributed by atoms with Crippen LogP contribution >= 0.6 is 0 Å². The minimum Gasteiger partial charge on any atom is -0.299 e. The van der Waals surface area contributed by atoms with Crippen LogP contribution in [0.3, 0.4) is 0 Å². The zero-order valence-electron chi connectivity index (χ0n) is 9.24. The van der Waals surface area contributed by atoms with Crippen LogP contribution in [-0.4, -0.2) is 6.29 Å². The van der Waals surface area contributed by atoms with Gasteiger partial charge in [-0.1, -0.05) is 38.0 Å². The predicted octanol–water partition coefficient (Wildman–Crippen LogP) is 4.05. The largest absolute Gasteiger partial charge is 0.299 e. The van der Waals surface area contributed by atoms with Gasteiger partial charge in [-0.15, -0.1) is 0 Å². The molecule has 0 amide bonds. The molecule has 0 fully saturated rings. The van der Waals surface area contributed by atoms with Gasteiger partial charge in [-0.25, -0.2) is 0 Å². The third kappa shape index (κ3) is 11.2. The van der Waals surface area contributed by atoms with Crippen LogP contribution < -0.4 is 0 Å². The van der Waals surface area contributed by atoms with Gasteiger partial charge in [0.1, 0.15) is 6.29 Å². The van der Waals surface area contributed by atoms with Crippen molar-refractivity contribution < 1.29 is 4.79 Å². The molecule has 0 aromatic carbocycles. The van der Waals surface area contributed by atoms with E-state index in [0.717, 1.165) is 25.5 Å². The molecule has 0 aromatic rings. The van der Waals surface area contributed by atoms with E-state index in [0.29, 0.717) is 0 Å². The molecule has 0 N–H and O–H groups in total. The summed E-state index contributed by atoms with van der Waals surface area (Å²) in [4.78, 5) is 9.94. The van der Waals surface area contributed by atoms with Crippen LogP contribution in [0.4, 0.5) is 0 Å². The first-order valence-corrected chi connectivity index (χ1v) is 5.67. The zero-order valence-corrected chi connectivity index (χ0v) is 9.24. The molecule has 14 heavy (non-hydrogen) atoms. The molecule has 0 aromatic heterocycles. The molecular formula is C13H22O. The average Bonchev–Trinajstić information content (AvgIpc) is 2.21. The van der Waals surface area contributed by atoms with Gasteiger partial charge in [-0.05, 0) is 38.2 Å². The second kappa shape index (κ2) is 12.2. The van der Waals surface area contributed by atoms with Crippen LogP contribution in [0.5, 0.6) is 0 Å². The van der Waals surface area contributed by atoms with Crippen LogP contribution in [0, 0.1) is 0 Å². The van der Waals surface area contributed by atoms with Gasteiger partial charge in [0.2, 0.25) is 0 Å². The summed E-state index contributed by atoms with van der Waals surface area (Å²) in [5.74, 6) is 0. The minimum absolute atomic E-state index is 0.834. The van der Waals surface area contributed by atoms with E-state index in [9.17, 15) is 4.79 Å². The molecule has 1 heteroatoms. The smallest absolute Gasteiger partial charge is 0.142 e. The standard InChI is InChI=1S/C13H22O/c1-2-3-4-5-6-7-8-9-10-11-12-13-14/h6-7,11-13H,2-5,8-10H2,1H3. The minimum atomic E-state index is 0.834. The van der Waals surface area contributed by atoms with Gasteiger partial charge >= 0.3 is 0 Å². The maximum atomic E-state index is 9.94. The van der Waals surface area contributed by atoms with E-state index in [1.54, 1.807) is 6.08 Å². The third-order valence-electron chi connectivity index (χ3n) is 2.10. The van der Waals surface area contributed by atoms with E-state index in [2.05, 4.69) is 19.1 Å². The second-order valence-corrected chi connectivity index (χ2v) is 3.46. The Labute approximate surface area is 87.9 Å². The SMILES string of the molecule is CCCCCC=CCCCC=CC=O. The van der Waals surface area contributed by atoms with E-state index >= 15 is 0 Å². The van der Waals surface area contributed by atoms with Crippen molar-refractivity contribution >= 4 is 6.29 Å². The van der Waals surface area contributed by atoms with E-state index in [4.69, 9.17) is 0 Å². The van der Waals surface area contributed by atoms with Gasteiger partial charge in [0.25, 0.3) is 0 Å². The number of carbonyl (C=O) groups is 1. The lowest BCUT2D eigenvalue weighted by Crippen LogP contribution is -1.72.